The van der Waals surface area contributed by atoms with Crippen LogP contribution in [-0.4, -0.2) is 133 Å². The monoisotopic (exact) mass is 465 g/mol. The van der Waals surface area contributed by atoms with Crippen molar-refractivity contribution in [1.29, 1.82) is 0 Å². The second kappa shape index (κ2) is 15.7. The summed E-state index contributed by atoms with van der Waals surface area (Å²) in [6, 6.07) is -0.405. The SMILES string of the molecule is CC(=O)CN1CCN(CC(C)=O)CCN(C(CCN=C=O)C(C)=O)CCN(CC(C)=O)CC1. The second-order valence-electron chi connectivity index (χ2n) is 8.86. The van der Waals surface area contributed by atoms with E-state index in [4.69, 9.17) is 0 Å². The van der Waals surface area contributed by atoms with Gasteiger partial charge < -0.3 is 0 Å². The van der Waals surface area contributed by atoms with Crippen LogP contribution in [0, 0.1) is 0 Å². The Morgan fingerprint density at radius 1 is 0.697 bits per heavy atom. The van der Waals surface area contributed by atoms with Crippen LogP contribution in [0.2, 0.25) is 0 Å². The molecule has 10 nitrogen and oxygen atoms in total. The number of carbonyl (C=O) groups excluding carboxylic acids is 5. The van der Waals surface area contributed by atoms with E-state index in [2.05, 4.69) is 24.6 Å². The summed E-state index contributed by atoms with van der Waals surface area (Å²) in [5, 5.41) is 0. The van der Waals surface area contributed by atoms with Gasteiger partial charge >= 0.3 is 0 Å². The van der Waals surface area contributed by atoms with Gasteiger partial charge in [0.1, 0.15) is 23.1 Å². The van der Waals surface area contributed by atoms with Gasteiger partial charge in [-0.05, 0) is 34.1 Å². The topological polar surface area (TPSA) is 111 Å². The van der Waals surface area contributed by atoms with Crippen molar-refractivity contribution in [2.24, 2.45) is 4.99 Å². The number of Topliss-reactive ketones (excluding diaryl/α,β-unsaturated/α-hetero) is 4. The van der Waals surface area contributed by atoms with Crippen molar-refractivity contribution in [3.8, 4) is 0 Å². The van der Waals surface area contributed by atoms with Gasteiger partial charge in [0, 0.05) is 52.4 Å². The van der Waals surface area contributed by atoms with Crippen LogP contribution in [0.3, 0.4) is 0 Å². The molecule has 1 unspecified atom stereocenters. The Morgan fingerprint density at radius 2 is 1.06 bits per heavy atom. The van der Waals surface area contributed by atoms with Crippen molar-refractivity contribution in [3.63, 3.8) is 0 Å². The highest BCUT2D eigenvalue weighted by Gasteiger charge is 2.25. The third-order valence-corrected chi connectivity index (χ3v) is 5.70. The standard InChI is InChI=1S/C23H39N5O5/c1-19(30)15-25-7-9-26(16-20(2)31)11-13-28(23(22(4)33)5-6-24-18-29)14-12-27(10-8-25)17-21(3)32/h23H,5-17H2,1-4H3. The normalized spacial score (nSPS) is 19.0. The summed E-state index contributed by atoms with van der Waals surface area (Å²) < 4.78 is 0. The van der Waals surface area contributed by atoms with Gasteiger partial charge in [-0.1, -0.05) is 0 Å². The second-order valence-corrected chi connectivity index (χ2v) is 8.86. The maximum absolute atomic E-state index is 12.4. The fourth-order valence-corrected chi connectivity index (χ4v) is 4.16. The molecule has 1 aliphatic heterocycles. The van der Waals surface area contributed by atoms with Crippen LogP contribution in [-0.2, 0) is 24.0 Å². The molecule has 10 heteroatoms. The summed E-state index contributed by atoms with van der Waals surface area (Å²) in [7, 11) is 0. The molecule has 33 heavy (non-hydrogen) atoms. The van der Waals surface area contributed by atoms with Gasteiger partial charge in [-0.3, -0.25) is 38.8 Å². The molecule has 0 aromatic carbocycles. The van der Waals surface area contributed by atoms with E-state index in [1.54, 1.807) is 20.8 Å². The smallest absolute Gasteiger partial charge is 0.234 e. The highest BCUT2D eigenvalue weighted by atomic mass is 16.1. The summed E-state index contributed by atoms with van der Waals surface area (Å²) in [6.07, 6.45) is 1.93. The van der Waals surface area contributed by atoms with E-state index >= 15 is 0 Å². The molecule has 0 spiro atoms. The van der Waals surface area contributed by atoms with Gasteiger partial charge in [0.2, 0.25) is 6.08 Å². The van der Waals surface area contributed by atoms with Crippen molar-refractivity contribution < 1.29 is 24.0 Å². The number of hydrogen-bond donors (Lipinski definition) is 0. The lowest BCUT2D eigenvalue weighted by molar-refractivity contribution is -0.123. The van der Waals surface area contributed by atoms with Crippen molar-refractivity contribution in [2.75, 3.05) is 78.5 Å². The number of hydrogen-bond acceptors (Lipinski definition) is 10. The first-order valence-corrected chi connectivity index (χ1v) is 11.6. The van der Waals surface area contributed by atoms with Crippen LogP contribution in [0.15, 0.2) is 4.99 Å². The average Bonchev–Trinajstić information content (AvgIpc) is 2.70. The van der Waals surface area contributed by atoms with Gasteiger partial charge in [0.05, 0.1) is 32.2 Å². The van der Waals surface area contributed by atoms with E-state index < -0.39 is 6.04 Å². The first kappa shape index (κ1) is 28.9. The molecule has 1 heterocycles. The summed E-state index contributed by atoms with van der Waals surface area (Å²) in [5.74, 6) is 0.185. The highest BCUT2D eigenvalue weighted by Crippen LogP contribution is 2.09. The summed E-state index contributed by atoms with van der Waals surface area (Å²) in [5.41, 5.74) is 0. The summed E-state index contributed by atoms with van der Waals surface area (Å²) in [4.78, 5) is 70.1. The summed E-state index contributed by atoms with van der Waals surface area (Å²) in [6.45, 7) is 12.1. The maximum atomic E-state index is 12.4. The molecule has 186 valence electrons. The molecule has 1 rings (SSSR count). The summed E-state index contributed by atoms with van der Waals surface area (Å²) >= 11 is 0. The van der Waals surface area contributed by atoms with Crippen LogP contribution < -0.4 is 0 Å². The lowest BCUT2D eigenvalue weighted by Gasteiger charge is -2.36. The number of aliphatic imine (C=N–C) groups is 1. The zero-order valence-electron chi connectivity index (χ0n) is 20.5. The minimum Gasteiger partial charge on any atom is -0.299 e. The third kappa shape index (κ3) is 12.6. The van der Waals surface area contributed by atoms with Gasteiger partial charge in [-0.2, -0.15) is 0 Å². The van der Waals surface area contributed by atoms with Crippen molar-refractivity contribution in [1.82, 2.24) is 19.6 Å². The van der Waals surface area contributed by atoms with Gasteiger partial charge in [0.25, 0.3) is 0 Å². The first-order valence-electron chi connectivity index (χ1n) is 11.6. The Balaban J connectivity index is 3.10. The van der Waals surface area contributed by atoms with E-state index in [1.165, 1.54) is 13.0 Å². The Kier molecular flexibility index (Phi) is 13.8. The minimum atomic E-state index is -0.405. The van der Waals surface area contributed by atoms with Gasteiger partial charge in [-0.15, -0.1) is 0 Å². The molecule has 1 atom stereocenters. The van der Waals surface area contributed by atoms with Gasteiger partial charge in [0.15, 0.2) is 0 Å². The Labute approximate surface area is 197 Å². The van der Waals surface area contributed by atoms with Crippen LogP contribution in [0.4, 0.5) is 0 Å². The molecule has 0 saturated carbocycles. The molecule has 1 fully saturated rings. The average molecular weight is 466 g/mol. The molecule has 0 bridgehead atoms. The predicted molar refractivity (Wildman–Crippen MR) is 125 cm³/mol. The van der Waals surface area contributed by atoms with Crippen LogP contribution in [0.25, 0.3) is 0 Å². The molecule has 1 aliphatic rings. The van der Waals surface area contributed by atoms with E-state index in [9.17, 15) is 24.0 Å². The van der Waals surface area contributed by atoms with Crippen molar-refractivity contribution >= 4 is 29.2 Å². The minimum absolute atomic E-state index is 0.00735. The third-order valence-electron chi connectivity index (χ3n) is 5.70. The van der Waals surface area contributed by atoms with E-state index in [1.807, 2.05) is 0 Å². The number of ketones is 4. The Morgan fingerprint density at radius 3 is 1.36 bits per heavy atom. The lowest BCUT2D eigenvalue weighted by atomic mass is 10.1. The van der Waals surface area contributed by atoms with Crippen molar-refractivity contribution in [2.45, 2.75) is 40.2 Å². The molecule has 0 radical (unpaired) electrons. The number of isocyanates is 1. The maximum Gasteiger partial charge on any atom is 0.234 e. The fraction of sp³-hybridized carbons (Fsp3) is 0.783. The van der Waals surface area contributed by atoms with Gasteiger partial charge in [-0.25, -0.2) is 9.79 Å². The van der Waals surface area contributed by atoms with Crippen molar-refractivity contribution in [3.05, 3.63) is 0 Å². The lowest BCUT2D eigenvalue weighted by Crippen LogP contribution is -2.51. The first-order chi connectivity index (χ1) is 15.6. The molecule has 0 aliphatic carbocycles. The molecule has 0 amide bonds. The van der Waals surface area contributed by atoms with Crippen LogP contribution >= 0.6 is 0 Å². The van der Waals surface area contributed by atoms with Crippen LogP contribution in [0.1, 0.15) is 34.1 Å². The zero-order valence-corrected chi connectivity index (χ0v) is 20.5. The zero-order chi connectivity index (χ0) is 24.8. The molecular weight excluding hydrogens is 426 g/mol. The molecule has 0 aromatic heterocycles. The molecule has 0 aromatic rings. The van der Waals surface area contributed by atoms with Crippen LogP contribution in [0.5, 0.6) is 0 Å². The molecule has 0 N–H and O–H groups in total. The van der Waals surface area contributed by atoms with E-state index in [0.717, 1.165) is 0 Å². The highest BCUT2D eigenvalue weighted by molar-refractivity contribution is 5.81. The quantitative estimate of drug-likeness (QED) is 0.299. The number of carbonyl (C=O) groups is 4. The van der Waals surface area contributed by atoms with E-state index in [0.29, 0.717) is 78.4 Å². The fourth-order valence-electron chi connectivity index (χ4n) is 4.16. The predicted octanol–water partition coefficient (Wildman–Crippen LogP) is -0.341. The van der Waals surface area contributed by atoms with E-state index in [-0.39, 0.29) is 29.7 Å². The Hall–Kier alpha value is -2.10. The number of rotatable bonds is 11. The largest absolute Gasteiger partial charge is 0.299 e. The number of nitrogens with zero attached hydrogens (tertiary/aromatic N) is 5. The molecular formula is C23H39N5O5. The Bertz CT molecular complexity index is 690. The molecule has 1 saturated heterocycles.